The first-order chi connectivity index (χ1) is 16.6. The largest absolute Gasteiger partial charge is 0.469 e. The van der Waals surface area contributed by atoms with E-state index in [1.807, 2.05) is 0 Å². The molecule has 8 unspecified atom stereocenters. The maximum atomic E-state index is 11.8. The van der Waals surface area contributed by atoms with Gasteiger partial charge >= 0.3 is 5.97 Å². The second kappa shape index (κ2) is 11.0. The van der Waals surface area contributed by atoms with E-state index in [1.54, 1.807) is 0 Å². The highest BCUT2D eigenvalue weighted by Gasteiger charge is 2.62. The van der Waals surface area contributed by atoms with Crippen LogP contribution in [0.15, 0.2) is 0 Å². The minimum absolute atomic E-state index is 0.0732. The molecule has 4 rings (SSSR count). The van der Waals surface area contributed by atoms with E-state index in [-0.39, 0.29) is 17.5 Å². The van der Waals surface area contributed by atoms with Crippen LogP contribution >= 0.6 is 0 Å². The average molecular weight is 491 g/mol. The normalized spacial score (nSPS) is 43.8. The third-order valence-corrected chi connectivity index (χ3v) is 11.6. The van der Waals surface area contributed by atoms with Crippen LogP contribution < -0.4 is 10.6 Å². The molecule has 3 N–H and O–H groups in total. The fourth-order valence-electron chi connectivity index (χ4n) is 9.75. The molecule has 0 aromatic carbocycles. The second-order valence-electron chi connectivity index (χ2n) is 13.6. The lowest BCUT2D eigenvalue weighted by Gasteiger charge is -2.62. The van der Waals surface area contributed by atoms with Crippen molar-refractivity contribution in [3.8, 4) is 0 Å². The van der Waals surface area contributed by atoms with Crippen LogP contribution in [0.4, 0.5) is 0 Å². The summed E-state index contributed by atoms with van der Waals surface area (Å²) in [5.74, 6) is 3.79. The summed E-state index contributed by atoms with van der Waals surface area (Å²) in [4.78, 5) is 11.8. The van der Waals surface area contributed by atoms with Gasteiger partial charge in [0, 0.05) is 31.6 Å². The predicted molar refractivity (Wildman–Crippen MR) is 142 cm³/mol. The first-order valence-electron chi connectivity index (χ1n) is 14.8. The second-order valence-corrected chi connectivity index (χ2v) is 13.6. The van der Waals surface area contributed by atoms with Crippen molar-refractivity contribution in [1.29, 1.82) is 0 Å². The number of ether oxygens (including phenoxy) is 1. The van der Waals surface area contributed by atoms with Crippen molar-refractivity contribution in [2.75, 3.05) is 20.2 Å². The number of carbonyl (C=O) groups excluding carboxylic acids is 1. The minimum Gasteiger partial charge on any atom is -0.469 e. The van der Waals surface area contributed by atoms with Gasteiger partial charge in [-0.3, -0.25) is 4.79 Å². The Morgan fingerprint density at radius 2 is 1.69 bits per heavy atom. The molecule has 0 aliphatic heterocycles. The number of esters is 1. The fraction of sp³-hybridized carbons (Fsp3) is 0.967. The molecule has 10 atom stereocenters. The number of nitrogens with one attached hydrogen (secondary N) is 2. The molecule has 0 radical (unpaired) electrons. The molecule has 4 saturated carbocycles. The van der Waals surface area contributed by atoms with Gasteiger partial charge in [0.1, 0.15) is 0 Å². The van der Waals surface area contributed by atoms with E-state index < -0.39 is 0 Å². The fourth-order valence-corrected chi connectivity index (χ4v) is 9.75. The maximum Gasteiger partial charge on any atom is 0.305 e. The molecule has 35 heavy (non-hydrogen) atoms. The molecule has 0 amide bonds. The van der Waals surface area contributed by atoms with Crippen LogP contribution in [0.2, 0.25) is 0 Å². The predicted octanol–water partition coefficient (Wildman–Crippen LogP) is 5.16. The van der Waals surface area contributed by atoms with E-state index in [2.05, 4.69) is 45.3 Å². The quantitative estimate of drug-likeness (QED) is 0.308. The Balaban J connectivity index is 1.40. The first kappa shape index (κ1) is 27.4. The molecule has 0 heterocycles. The van der Waals surface area contributed by atoms with Gasteiger partial charge in [0.05, 0.1) is 13.2 Å². The van der Waals surface area contributed by atoms with Gasteiger partial charge in [-0.2, -0.15) is 0 Å². The summed E-state index contributed by atoms with van der Waals surface area (Å²) in [6.45, 7) is 13.9. The van der Waals surface area contributed by atoms with Gasteiger partial charge in [-0.05, 0) is 104 Å². The minimum atomic E-state index is -0.155. The van der Waals surface area contributed by atoms with E-state index in [4.69, 9.17) is 4.74 Å². The zero-order valence-corrected chi connectivity index (χ0v) is 23.4. The van der Waals surface area contributed by atoms with Crippen LogP contribution in [0.5, 0.6) is 0 Å². The van der Waals surface area contributed by atoms with Crippen LogP contribution in [0.25, 0.3) is 0 Å². The van der Waals surface area contributed by atoms with E-state index >= 15 is 0 Å². The molecule has 4 aliphatic rings. The van der Waals surface area contributed by atoms with Crippen LogP contribution in [0.3, 0.4) is 0 Å². The number of carbonyl (C=O) groups is 1. The Bertz CT molecular complexity index is 728. The van der Waals surface area contributed by atoms with E-state index in [0.717, 1.165) is 44.2 Å². The Kier molecular flexibility index (Phi) is 8.60. The molecule has 0 aromatic heterocycles. The molecular formula is C30H54N2O3. The van der Waals surface area contributed by atoms with Crippen molar-refractivity contribution in [3.63, 3.8) is 0 Å². The van der Waals surface area contributed by atoms with E-state index in [1.165, 1.54) is 45.6 Å². The van der Waals surface area contributed by atoms with Crippen LogP contribution in [0.1, 0.15) is 98.8 Å². The van der Waals surface area contributed by atoms with Crippen molar-refractivity contribution in [1.82, 2.24) is 10.6 Å². The molecule has 0 spiro atoms. The van der Waals surface area contributed by atoms with Gasteiger partial charge in [-0.1, -0.05) is 34.6 Å². The number of aliphatic hydroxyl groups excluding tert-OH is 1. The summed E-state index contributed by atoms with van der Waals surface area (Å²) < 4.78 is 4.91. The number of methoxy groups -OCH3 is 1. The monoisotopic (exact) mass is 490 g/mol. The van der Waals surface area contributed by atoms with E-state index in [0.29, 0.717) is 47.6 Å². The topological polar surface area (TPSA) is 70.6 Å². The highest BCUT2D eigenvalue weighted by molar-refractivity contribution is 5.69. The first-order valence-corrected chi connectivity index (χ1v) is 14.8. The van der Waals surface area contributed by atoms with E-state index in [9.17, 15) is 9.90 Å². The van der Waals surface area contributed by atoms with Gasteiger partial charge in [-0.25, -0.2) is 0 Å². The Morgan fingerprint density at radius 3 is 2.40 bits per heavy atom. The van der Waals surface area contributed by atoms with Crippen molar-refractivity contribution in [3.05, 3.63) is 0 Å². The molecule has 0 bridgehead atoms. The third-order valence-electron chi connectivity index (χ3n) is 11.6. The van der Waals surface area contributed by atoms with Crippen molar-refractivity contribution in [2.45, 2.75) is 117 Å². The van der Waals surface area contributed by atoms with Crippen LogP contribution in [-0.4, -0.2) is 49.5 Å². The number of hydrogen-bond donors (Lipinski definition) is 3. The van der Waals surface area contributed by atoms with Crippen molar-refractivity contribution >= 4 is 5.97 Å². The summed E-state index contributed by atoms with van der Waals surface area (Å²) in [6, 6.07) is 1.08. The maximum absolute atomic E-state index is 11.8. The molecule has 5 heteroatoms. The number of hydrogen-bond acceptors (Lipinski definition) is 5. The summed E-state index contributed by atoms with van der Waals surface area (Å²) >= 11 is 0. The Hall–Kier alpha value is -0.650. The summed E-state index contributed by atoms with van der Waals surface area (Å²) in [5, 5.41) is 18.8. The van der Waals surface area contributed by atoms with Gasteiger partial charge in [-0.15, -0.1) is 0 Å². The summed E-state index contributed by atoms with van der Waals surface area (Å²) in [6.07, 6.45) is 11.2. The van der Waals surface area contributed by atoms with Gasteiger partial charge in [0.2, 0.25) is 0 Å². The van der Waals surface area contributed by atoms with Crippen molar-refractivity contribution < 1.29 is 14.6 Å². The molecule has 202 valence electrons. The Morgan fingerprint density at radius 1 is 0.971 bits per heavy atom. The van der Waals surface area contributed by atoms with Gasteiger partial charge in [0.25, 0.3) is 0 Å². The lowest BCUT2D eigenvalue weighted by Crippen LogP contribution is -2.59. The smallest absolute Gasteiger partial charge is 0.305 e. The molecular weight excluding hydrogens is 436 g/mol. The highest BCUT2D eigenvalue weighted by atomic mass is 16.5. The number of aliphatic hydroxyl groups is 1. The molecule has 4 fully saturated rings. The molecule has 5 nitrogen and oxygen atoms in total. The third kappa shape index (κ3) is 5.34. The van der Waals surface area contributed by atoms with Gasteiger partial charge < -0.3 is 20.5 Å². The zero-order chi connectivity index (χ0) is 25.4. The Labute approximate surface area is 214 Å². The lowest BCUT2D eigenvalue weighted by atomic mass is 9.43. The summed E-state index contributed by atoms with van der Waals surface area (Å²) in [5.41, 5.74) is 0.647. The standard InChI is InChI=1S/C30H54N2O3/c1-19(2)31-15-16-32-21-11-13-30(5)25-12-14-29(4)23(20(3)7-10-28(34)35-6)8-9-24(29)22(25)18-27(33)26(30)17-21/h19-27,31-33H,7-18H2,1-6H3/t20?,21-,22?,23?,24?,25?,26-,27?,29?,30?/m1/s1. The van der Waals surface area contributed by atoms with Crippen LogP contribution in [-0.2, 0) is 9.53 Å². The van der Waals surface area contributed by atoms with Gasteiger partial charge in [0.15, 0.2) is 0 Å². The zero-order valence-electron chi connectivity index (χ0n) is 23.4. The molecule has 0 aromatic rings. The average Bonchev–Trinajstić information content (AvgIpc) is 3.18. The van der Waals surface area contributed by atoms with Crippen LogP contribution in [0, 0.1) is 46.3 Å². The molecule has 4 aliphatic carbocycles. The number of fused-ring (bicyclic) bond motifs is 5. The lowest BCUT2D eigenvalue weighted by molar-refractivity contribution is -0.162. The van der Waals surface area contributed by atoms with Crippen molar-refractivity contribution in [2.24, 2.45) is 46.3 Å². The number of rotatable bonds is 9. The highest BCUT2D eigenvalue weighted by Crippen LogP contribution is 2.68. The molecule has 0 saturated heterocycles. The SMILES string of the molecule is COC(=O)CCC(C)C1CCC2C3CC(O)[C@H]4C[C@H](NCCNC(C)C)CCC4(C)C3CCC12C. The summed E-state index contributed by atoms with van der Waals surface area (Å²) in [7, 11) is 1.50.